The van der Waals surface area contributed by atoms with Crippen molar-refractivity contribution in [3.05, 3.63) is 36.5 Å². The Labute approximate surface area is 154 Å². The summed E-state index contributed by atoms with van der Waals surface area (Å²) in [5.74, 6) is -0.832. The highest BCUT2D eigenvalue weighted by Crippen LogP contribution is 2.12. The van der Waals surface area contributed by atoms with Crippen molar-refractivity contribution in [2.75, 3.05) is 6.61 Å². The summed E-state index contributed by atoms with van der Waals surface area (Å²) in [5, 5.41) is 8.99. The molecule has 0 spiro atoms. The van der Waals surface area contributed by atoms with Gasteiger partial charge in [0.05, 0.1) is 0 Å². The third-order valence-corrected chi connectivity index (χ3v) is 4.01. The standard InChI is InChI=1S/C22H38O3/c1-3-5-6-7-8-9-10-11-12-13-14-15-16-17-18-19-20-21(22(23)24)25-4-2/h5-6,8-9,11-12,21H,3-4,7,10,13-20H2,1-2H3,(H,23,24)/b6-5-,9-8-,12-11-. The molecule has 0 aliphatic rings. The lowest BCUT2D eigenvalue weighted by atomic mass is 10.1. The summed E-state index contributed by atoms with van der Waals surface area (Å²) in [6, 6.07) is 0. The van der Waals surface area contributed by atoms with E-state index in [1.165, 1.54) is 25.7 Å². The monoisotopic (exact) mass is 350 g/mol. The number of aliphatic carboxylic acids is 1. The number of unbranched alkanes of at least 4 members (excludes halogenated alkanes) is 6. The van der Waals surface area contributed by atoms with Crippen LogP contribution in [-0.2, 0) is 9.53 Å². The number of carbonyl (C=O) groups is 1. The molecular formula is C22H38O3. The number of hydrogen-bond donors (Lipinski definition) is 1. The van der Waals surface area contributed by atoms with Crippen LogP contribution in [0.5, 0.6) is 0 Å². The van der Waals surface area contributed by atoms with Gasteiger partial charge in [-0.15, -0.1) is 0 Å². The molecule has 0 bridgehead atoms. The number of hydrogen-bond acceptors (Lipinski definition) is 2. The average molecular weight is 351 g/mol. The molecule has 0 aliphatic carbocycles. The molecule has 0 aromatic carbocycles. The Hall–Kier alpha value is -1.35. The molecule has 25 heavy (non-hydrogen) atoms. The van der Waals surface area contributed by atoms with Gasteiger partial charge in [0.2, 0.25) is 0 Å². The first-order valence-corrected chi connectivity index (χ1v) is 10.0. The van der Waals surface area contributed by atoms with Gasteiger partial charge in [0, 0.05) is 6.61 Å². The average Bonchev–Trinajstić information content (AvgIpc) is 2.60. The van der Waals surface area contributed by atoms with Crippen LogP contribution in [0, 0.1) is 0 Å². The van der Waals surface area contributed by atoms with E-state index >= 15 is 0 Å². The highest BCUT2D eigenvalue weighted by Gasteiger charge is 2.16. The van der Waals surface area contributed by atoms with Gasteiger partial charge < -0.3 is 9.84 Å². The van der Waals surface area contributed by atoms with E-state index in [0.29, 0.717) is 13.0 Å². The van der Waals surface area contributed by atoms with E-state index in [2.05, 4.69) is 43.4 Å². The zero-order valence-electron chi connectivity index (χ0n) is 16.3. The van der Waals surface area contributed by atoms with Crippen molar-refractivity contribution >= 4 is 5.97 Å². The Morgan fingerprint density at radius 2 is 1.40 bits per heavy atom. The SMILES string of the molecule is CC/C=C\C/C=C\C/C=C\CCCCCCCCC(OCC)C(=O)O. The Morgan fingerprint density at radius 3 is 2.00 bits per heavy atom. The third kappa shape index (κ3) is 17.3. The van der Waals surface area contributed by atoms with Crippen LogP contribution in [0.25, 0.3) is 0 Å². The van der Waals surface area contributed by atoms with Crippen LogP contribution in [0.15, 0.2) is 36.5 Å². The molecule has 144 valence electrons. The van der Waals surface area contributed by atoms with Gasteiger partial charge in [0.15, 0.2) is 6.10 Å². The predicted molar refractivity (Wildman–Crippen MR) is 107 cm³/mol. The highest BCUT2D eigenvalue weighted by molar-refractivity contribution is 5.72. The van der Waals surface area contributed by atoms with Crippen LogP contribution in [0.3, 0.4) is 0 Å². The van der Waals surface area contributed by atoms with Gasteiger partial charge >= 0.3 is 5.97 Å². The van der Waals surface area contributed by atoms with Crippen molar-refractivity contribution in [2.24, 2.45) is 0 Å². The molecule has 3 nitrogen and oxygen atoms in total. The normalized spacial score (nSPS) is 13.4. The van der Waals surface area contributed by atoms with E-state index in [1.54, 1.807) is 0 Å². The molecular weight excluding hydrogens is 312 g/mol. The summed E-state index contributed by atoms with van der Waals surface area (Å²) in [6.45, 7) is 4.46. The Balaban J connectivity index is 3.39. The van der Waals surface area contributed by atoms with E-state index < -0.39 is 12.1 Å². The minimum absolute atomic E-state index is 0.468. The maximum atomic E-state index is 10.9. The predicted octanol–water partition coefficient (Wildman–Crippen LogP) is 6.46. The topological polar surface area (TPSA) is 46.5 Å². The number of carboxylic acid groups (broad SMARTS) is 1. The van der Waals surface area contributed by atoms with Gasteiger partial charge in [-0.05, 0) is 45.4 Å². The van der Waals surface area contributed by atoms with Crippen LogP contribution in [0.4, 0.5) is 0 Å². The lowest BCUT2D eigenvalue weighted by Crippen LogP contribution is -2.23. The van der Waals surface area contributed by atoms with Crippen LogP contribution in [0.1, 0.15) is 84.5 Å². The van der Waals surface area contributed by atoms with Gasteiger partial charge in [-0.2, -0.15) is 0 Å². The first kappa shape index (κ1) is 23.6. The fraction of sp³-hybridized carbons (Fsp3) is 0.682. The molecule has 0 fully saturated rings. The van der Waals surface area contributed by atoms with Gasteiger partial charge in [0.25, 0.3) is 0 Å². The first-order valence-electron chi connectivity index (χ1n) is 10.0. The van der Waals surface area contributed by atoms with Crippen LogP contribution in [-0.4, -0.2) is 23.8 Å². The number of ether oxygens (including phenoxy) is 1. The molecule has 1 N–H and O–H groups in total. The Kier molecular flexibility index (Phi) is 18.0. The largest absolute Gasteiger partial charge is 0.479 e. The zero-order chi connectivity index (χ0) is 18.6. The molecule has 0 aliphatic heterocycles. The van der Waals surface area contributed by atoms with Crippen LogP contribution in [0.2, 0.25) is 0 Å². The van der Waals surface area contributed by atoms with E-state index in [0.717, 1.165) is 38.5 Å². The quantitative estimate of drug-likeness (QED) is 0.242. The molecule has 3 heteroatoms. The molecule has 0 saturated heterocycles. The lowest BCUT2D eigenvalue weighted by molar-refractivity contribution is -0.150. The second kappa shape index (κ2) is 19.0. The Morgan fingerprint density at radius 1 is 0.840 bits per heavy atom. The van der Waals surface area contributed by atoms with E-state index in [9.17, 15) is 4.79 Å². The van der Waals surface area contributed by atoms with E-state index in [1.807, 2.05) is 6.92 Å². The van der Waals surface area contributed by atoms with Crippen molar-refractivity contribution in [3.8, 4) is 0 Å². The Bertz CT molecular complexity index is 383. The van der Waals surface area contributed by atoms with Gasteiger partial charge in [0.1, 0.15) is 0 Å². The summed E-state index contributed by atoms with van der Waals surface area (Å²) >= 11 is 0. The zero-order valence-corrected chi connectivity index (χ0v) is 16.3. The fourth-order valence-electron chi connectivity index (χ4n) is 2.60. The van der Waals surface area contributed by atoms with Crippen molar-refractivity contribution in [1.82, 2.24) is 0 Å². The molecule has 0 aromatic heterocycles. The van der Waals surface area contributed by atoms with Gasteiger partial charge in [-0.25, -0.2) is 4.79 Å². The maximum absolute atomic E-state index is 10.9. The molecule has 0 rings (SSSR count). The van der Waals surface area contributed by atoms with Crippen LogP contribution < -0.4 is 0 Å². The number of allylic oxidation sites excluding steroid dienone is 6. The van der Waals surface area contributed by atoms with E-state index in [-0.39, 0.29) is 0 Å². The molecule has 0 amide bonds. The van der Waals surface area contributed by atoms with E-state index in [4.69, 9.17) is 9.84 Å². The first-order chi connectivity index (χ1) is 12.2. The minimum atomic E-state index is -0.832. The fourth-order valence-corrected chi connectivity index (χ4v) is 2.60. The maximum Gasteiger partial charge on any atom is 0.332 e. The minimum Gasteiger partial charge on any atom is -0.479 e. The molecule has 1 unspecified atom stereocenters. The molecule has 0 radical (unpaired) electrons. The smallest absolute Gasteiger partial charge is 0.332 e. The highest BCUT2D eigenvalue weighted by atomic mass is 16.5. The molecule has 0 saturated carbocycles. The van der Waals surface area contributed by atoms with Crippen molar-refractivity contribution in [2.45, 2.75) is 90.6 Å². The van der Waals surface area contributed by atoms with Crippen molar-refractivity contribution in [3.63, 3.8) is 0 Å². The third-order valence-electron chi connectivity index (χ3n) is 4.01. The second-order valence-corrected chi connectivity index (χ2v) is 6.27. The number of rotatable bonds is 17. The second-order valence-electron chi connectivity index (χ2n) is 6.27. The van der Waals surface area contributed by atoms with Crippen molar-refractivity contribution < 1.29 is 14.6 Å². The van der Waals surface area contributed by atoms with Gasteiger partial charge in [-0.3, -0.25) is 0 Å². The van der Waals surface area contributed by atoms with Crippen LogP contribution >= 0.6 is 0 Å². The van der Waals surface area contributed by atoms with Crippen molar-refractivity contribution in [1.29, 1.82) is 0 Å². The summed E-state index contributed by atoms with van der Waals surface area (Å²) in [4.78, 5) is 10.9. The van der Waals surface area contributed by atoms with Gasteiger partial charge in [-0.1, -0.05) is 75.5 Å². The summed E-state index contributed by atoms with van der Waals surface area (Å²) in [5.41, 5.74) is 0. The lowest BCUT2D eigenvalue weighted by Gasteiger charge is -2.11. The number of carboxylic acids is 1. The molecule has 0 aromatic rings. The molecule has 0 heterocycles. The summed E-state index contributed by atoms with van der Waals surface area (Å²) in [7, 11) is 0. The summed E-state index contributed by atoms with van der Waals surface area (Å²) < 4.78 is 5.21. The molecule has 1 atom stereocenters. The summed E-state index contributed by atoms with van der Waals surface area (Å²) in [6.07, 6.45) is 24.7.